The molecule has 1 saturated carbocycles. The summed E-state index contributed by atoms with van der Waals surface area (Å²) in [5.74, 6) is 0.163. The molecule has 0 saturated heterocycles. The van der Waals surface area contributed by atoms with Crippen LogP contribution < -0.4 is 5.32 Å². The minimum absolute atomic E-state index is 0.0662. The van der Waals surface area contributed by atoms with Crippen molar-refractivity contribution in [2.24, 2.45) is 0 Å². The summed E-state index contributed by atoms with van der Waals surface area (Å²) >= 11 is 5.84. The number of carbonyl (C=O) groups excluding carboxylic acids is 1. The molecule has 1 aliphatic rings. The summed E-state index contributed by atoms with van der Waals surface area (Å²) in [6.45, 7) is 0. The van der Waals surface area contributed by atoms with E-state index < -0.39 is 11.7 Å². The fourth-order valence-corrected chi connectivity index (χ4v) is 2.57. The van der Waals surface area contributed by atoms with E-state index in [1.54, 1.807) is 0 Å². The van der Waals surface area contributed by atoms with Crippen LogP contribution in [-0.2, 0) is 17.4 Å². The first-order valence-corrected chi connectivity index (χ1v) is 6.91. The van der Waals surface area contributed by atoms with E-state index in [0.29, 0.717) is 11.4 Å². The van der Waals surface area contributed by atoms with Crippen molar-refractivity contribution in [3.63, 3.8) is 0 Å². The zero-order valence-corrected chi connectivity index (χ0v) is 11.5. The molecule has 1 aliphatic carbocycles. The van der Waals surface area contributed by atoms with Gasteiger partial charge in [0, 0.05) is 5.88 Å². The minimum atomic E-state index is -4.35. The molecule has 0 aliphatic heterocycles. The van der Waals surface area contributed by atoms with Crippen LogP contribution >= 0.6 is 11.6 Å². The number of amides is 1. The van der Waals surface area contributed by atoms with Gasteiger partial charge >= 0.3 is 6.18 Å². The number of halogens is 4. The summed E-state index contributed by atoms with van der Waals surface area (Å²) in [6, 6.07) is 4.64. The Labute approximate surface area is 120 Å². The molecule has 0 bridgehead atoms. The highest BCUT2D eigenvalue weighted by Crippen LogP contribution is 2.33. The van der Waals surface area contributed by atoms with E-state index in [4.69, 9.17) is 11.6 Å². The van der Waals surface area contributed by atoms with Gasteiger partial charge in [0.1, 0.15) is 0 Å². The van der Waals surface area contributed by atoms with Crippen LogP contribution in [0.1, 0.15) is 30.4 Å². The molecule has 0 aromatic heterocycles. The van der Waals surface area contributed by atoms with Crippen LogP contribution in [0, 0.1) is 0 Å². The molecule has 1 aromatic rings. The third-order valence-corrected chi connectivity index (χ3v) is 4.13. The second-order valence-corrected chi connectivity index (χ2v) is 5.45. The lowest BCUT2D eigenvalue weighted by Crippen LogP contribution is -2.55. The van der Waals surface area contributed by atoms with Gasteiger partial charge in [0.2, 0.25) is 5.91 Å². The number of benzene rings is 1. The molecule has 0 radical (unpaired) electrons. The van der Waals surface area contributed by atoms with Crippen molar-refractivity contribution in [3.05, 3.63) is 35.4 Å². The third kappa shape index (κ3) is 3.45. The summed E-state index contributed by atoms with van der Waals surface area (Å²) in [5.41, 5.74) is -0.470. The van der Waals surface area contributed by atoms with E-state index in [2.05, 4.69) is 5.32 Å². The van der Waals surface area contributed by atoms with Gasteiger partial charge < -0.3 is 5.32 Å². The second kappa shape index (κ2) is 5.64. The highest BCUT2D eigenvalue weighted by Gasteiger charge is 2.37. The van der Waals surface area contributed by atoms with Crippen LogP contribution in [0.2, 0.25) is 0 Å². The monoisotopic (exact) mass is 305 g/mol. The molecule has 2 nitrogen and oxygen atoms in total. The quantitative estimate of drug-likeness (QED) is 0.847. The SMILES string of the molecule is O=C(Cc1ccc(C(F)(F)F)cc1)NC1(CCl)CCC1. The van der Waals surface area contributed by atoms with Gasteiger partial charge in [-0.15, -0.1) is 11.6 Å². The average molecular weight is 306 g/mol. The van der Waals surface area contributed by atoms with E-state index in [-0.39, 0.29) is 17.9 Å². The van der Waals surface area contributed by atoms with Crippen LogP contribution in [0.15, 0.2) is 24.3 Å². The molecule has 1 N–H and O–H groups in total. The predicted octanol–water partition coefficient (Wildman–Crippen LogP) is 3.53. The van der Waals surface area contributed by atoms with Gasteiger partial charge in [-0.1, -0.05) is 12.1 Å². The van der Waals surface area contributed by atoms with E-state index in [9.17, 15) is 18.0 Å². The van der Waals surface area contributed by atoms with E-state index >= 15 is 0 Å². The molecule has 0 unspecified atom stereocenters. The summed E-state index contributed by atoms with van der Waals surface area (Å²) < 4.78 is 37.2. The van der Waals surface area contributed by atoms with Crippen LogP contribution in [0.3, 0.4) is 0 Å². The molecule has 6 heteroatoms. The summed E-state index contributed by atoms with van der Waals surface area (Å²) in [5, 5.41) is 2.88. The van der Waals surface area contributed by atoms with Gasteiger partial charge in [-0.3, -0.25) is 4.79 Å². The van der Waals surface area contributed by atoms with Crippen molar-refractivity contribution < 1.29 is 18.0 Å². The van der Waals surface area contributed by atoms with E-state index in [1.807, 2.05) is 0 Å². The Morgan fingerprint density at radius 1 is 1.25 bits per heavy atom. The number of rotatable bonds is 4. The molecular weight excluding hydrogens is 291 g/mol. The molecule has 110 valence electrons. The topological polar surface area (TPSA) is 29.1 Å². The summed E-state index contributed by atoms with van der Waals surface area (Å²) in [6.07, 6.45) is -1.54. The van der Waals surface area contributed by atoms with Gasteiger partial charge in [-0.2, -0.15) is 13.2 Å². The highest BCUT2D eigenvalue weighted by atomic mass is 35.5. The molecule has 1 aromatic carbocycles. The summed E-state index contributed by atoms with van der Waals surface area (Å²) in [7, 11) is 0. The number of alkyl halides is 4. The van der Waals surface area contributed by atoms with Crippen molar-refractivity contribution in [2.45, 2.75) is 37.4 Å². The van der Waals surface area contributed by atoms with E-state index in [0.717, 1.165) is 31.4 Å². The third-order valence-electron chi connectivity index (χ3n) is 3.62. The Balaban J connectivity index is 1.95. The Bertz CT molecular complexity index is 475. The van der Waals surface area contributed by atoms with Crippen LogP contribution in [0.4, 0.5) is 13.2 Å². The molecule has 1 fully saturated rings. The highest BCUT2D eigenvalue weighted by molar-refractivity contribution is 6.18. The zero-order valence-electron chi connectivity index (χ0n) is 10.8. The Kier molecular flexibility index (Phi) is 4.28. The fourth-order valence-electron chi connectivity index (χ4n) is 2.23. The normalized spacial score (nSPS) is 17.4. The number of nitrogens with one attached hydrogen (secondary N) is 1. The molecule has 0 atom stereocenters. The Hall–Kier alpha value is -1.23. The molecule has 20 heavy (non-hydrogen) atoms. The Morgan fingerprint density at radius 2 is 1.85 bits per heavy atom. The smallest absolute Gasteiger partial charge is 0.349 e. The van der Waals surface area contributed by atoms with Gasteiger partial charge in [-0.05, 0) is 37.0 Å². The average Bonchev–Trinajstić information content (AvgIpc) is 2.33. The first kappa shape index (κ1) is 15.2. The van der Waals surface area contributed by atoms with Crippen molar-refractivity contribution >= 4 is 17.5 Å². The van der Waals surface area contributed by atoms with Gasteiger partial charge in [0.15, 0.2) is 0 Å². The summed E-state index contributed by atoms with van der Waals surface area (Å²) in [4.78, 5) is 11.9. The maximum absolute atomic E-state index is 12.4. The van der Waals surface area contributed by atoms with Crippen molar-refractivity contribution in [2.75, 3.05) is 5.88 Å². The maximum Gasteiger partial charge on any atom is 0.416 e. The van der Waals surface area contributed by atoms with E-state index in [1.165, 1.54) is 12.1 Å². The second-order valence-electron chi connectivity index (χ2n) is 5.19. The fraction of sp³-hybridized carbons (Fsp3) is 0.500. The molecular formula is C14H15ClF3NO. The van der Waals surface area contributed by atoms with Crippen LogP contribution in [-0.4, -0.2) is 17.3 Å². The number of hydrogen-bond acceptors (Lipinski definition) is 1. The van der Waals surface area contributed by atoms with Crippen LogP contribution in [0.25, 0.3) is 0 Å². The van der Waals surface area contributed by atoms with Crippen LogP contribution in [0.5, 0.6) is 0 Å². The lowest BCUT2D eigenvalue weighted by molar-refractivity contribution is -0.137. The van der Waals surface area contributed by atoms with Crippen molar-refractivity contribution in [1.29, 1.82) is 0 Å². The molecule has 0 heterocycles. The predicted molar refractivity (Wildman–Crippen MR) is 70.6 cm³/mol. The first-order valence-electron chi connectivity index (χ1n) is 6.38. The maximum atomic E-state index is 12.4. The molecule has 0 spiro atoms. The van der Waals surface area contributed by atoms with Gasteiger partial charge in [-0.25, -0.2) is 0 Å². The van der Waals surface area contributed by atoms with Gasteiger partial charge in [0.25, 0.3) is 0 Å². The minimum Gasteiger partial charge on any atom is -0.349 e. The molecule has 2 rings (SSSR count). The van der Waals surface area contributed by atoms with Crippen molar-refractivity contribution in [3.8, 4) is 0 Å². The molecule has 1 amide bonds. The number of hydrogen-bond donors (Lipinski definition) is 1. The largest absolute Gasteiger partial charge is 0.416 e. The zero-order chi connectivity index (χ0) is 14.8. The van der Waals surface area contributed by atoms with Gasteiger partial charge in [0.05, 0.1) is 17.5 Å². The Morgan fingerprint density at radius 3 is 2.25 bits per heavy atom. The lowest BCUT2D eigenvalue weighted by atomic mass is 9.78. The lowest BCUT2D eigenvalue weighted by Gasteiger charge is -2.41. The number of carbonyl (C=O) groups is 1. The van der Waals surface area contributed by atoms with Crippen molar-refractivity contribution in [1.82, 2.24) is 5.32 Å². The standard InChI is InChI=1S/C14H15ClF3NO/c15-9-13(6-1-7-13)19-12(20)8-10-2-4-11(5-3-10)14(16,17)18/h2-5H,1,6-9H2,(H,19,20). The first-order chi connectivity index (χ1) is 9.35.